The van der Waals surface area contributed by atoms with Crippen LogP contribution in [0.4, 0.5) is 11.1 Å². The molecule has 0 radical (unpaired) electrons. The van der Waals surface area contributed by atoms with E-state index in [0.29, 0.717) is 27.1 Å². The number of thiazole rings is 1. The van der Waals surface area contributed by atoms with Gasteiger partial charge in [0.1, 0.15) is 4.70 Å². The van der Waals surface area contributed by atoms with Crippen molar-refractivity contribution in [3.05, 3.63) is 41.6 Å². The smallest absolute Gasteiger partial charge is 0.274 e. The molecular weight excluding hydrogens is 348 g/mol. The van der Waals surface area contributed by atoms with Gasteiger partial charge in [0.05, 0.1) is 6.04 Å². The van der Waals surface area contributed by atoms with Crippen molar-refractivity contribution in [2.75, 3.05) is 24.1 Å². The highest BCUT2D eigenvalue weighted by atomic mass is 32.1. The Balaban J connectivity index is 1.70. The van der Waals surface area contributed by atoms with E-state index >= 15 is 0 Å². The van der Waals surface area contributed by atoms with E-state index in [-0.39, 0.29) is 11.9 Å². The number of hydrogen-bond acceptors (Lipinski definition) is 7. The Bertz CT molecular complexity index is 936. The van der Waals surface area contributed by atoms with E-state index in [1.807, 2.05) is 42.2 Å². The number of carbonyl (C=O) groups is 1. The summed E-state index contributed by atoms with van der Waals surface area (Å²) in [6, 6.07) is 10.0. The molecule has 0 aliphatic carbocycles. The minimum Gasteiger partial charge on any atom is -0.375 e. The molecule has 3 heterocycles. The molecule has 4 rings (SSSR count). The van der Waals surface area contributed by atoms with E-state index in [4.69, 9.17) is 5.73 Å². The molecule has 0 saturated carbocycles. The first-order valence-electron chi connectivity index (χ1n) is 8.66. The van der Waals surface area contributed by atoms with Crippen molar-refractivity contribution in [1.82, 2.24) is 19.9 Å². The predicted molar refractivity (Wildman–Crippen MR) is 103 cm³/mol. The Morgan fingerprint density at radius 3 is 2.65 bits per heavy atom. The summed E-state index contributed by atoms with van der Waals surface area (Å²) in [4.78, 5) is 28.0. The number of nitrogens with zero attached hydrogens (tertiary/aromatic N) is 4. The summed E-state index contributed by atoms with van der Waals surface area (Å²) >= 11 is 1.26. The first-order valence-corrected chi connectivity index (χ1v) is 9.48. The molecule has 0 bridgehead atoms. The lowest BCUT2D eigenvalue weighted by molar-refractivity contribution is 0.0789. The van der Waals surface area contributed by atoms with Crippen molar-refractivity contribution in [3.63, 3.8) is 0 Å². The third-order valence-corrected chi connectivity index (χ3v) is 5.39. The van der Waals surface area contributed by atoms with Crippen LogP contribution in [0, 0.1) is 0 Å². The molecule has 1 amide bonds. The molecule has 2 aromatic heterocycles. The number of carbonyl (C=O) groups excluding carboxylic acids is 1. The van der Waals surface area contributed by atoms with Gasteiger partial charge in [-0.1, -0.05) is 41.7 Å². The molecule has 3 aromatic rings. The third kappa shape index (κ3) is 3.20. The Morgan fingerprint density at radius 2 is 1.92 bits per heavy atom. The fourth-order valence-corrected chi connectivity index (χ4v) is 3.89. The molecule has 3 N–H and O–H groups in total. The number of anilines is 2. The topological polar surface area (TPSA) is 97.0 Å². The average Bonchev–Trinajstić information content (AvgIpc) is 3.30. The molecule has 1 unspecified atom stereocenters. The fraction of sp³-hybridized carbons (Fsp3) is 0.333. The van der Waals surface area contributed by atoms with Crippen molar-refractivity contribution in [2.45, 2.75) is 25.8 Å². The lowest BCUT2D eigenvalue weighted by Gasteiger charge is -2.17. The Hall–Kier alpha value is -2.74. The van der Waals surface area contributed by atoms with Crippen molar-refractivity contribution < 1.29 is 4.79 Å². The molecule has 0 spiro atoms. The number of benzene rings is 1. The van der Waals surface area contributed by atoms with E-state index in [2.05, 4.69) is 20.3 Å². The van der Waals surface area contributed by atoms with Gasteiger partial charge in [-0.3, -0.25) is 4.79 Å². The highest BCUT2D eigenvalue weighted by molar-refractivity contribution is 7.22. The number of nitrogen functional groups attached to an aromatic ring is 1. The summed E-state index contributed by atoms with van der Waals surface area (Å²) in [5.41, 5.74) is 7.81. The molecule has 7 nitrogen and oxygen atoms in total. The fourth-order valence-electron chi connectivity index (χ4n) is 3.14. The highest BCUT2D eigenvalue weighted by Gasteiger charge is 2.25. The van der Waals surface area contributed by atoms with E-state index in [1.165, 1.54) is 11.3 Å². The van der Waals surface area contributed by atoms with Crippen LogP contribution in [0.1, 0.15) is 41.9 Å². The van der Waals surface area contributed by atoms with E-state index in [9.17, 15) is 4.79 Å². The van der Waals surface area contributed by atoms with Crippen molar-refractivity contribution >= 4 is 38.7 Å². The number of amides is 1. The number of nitrogens with one attached hydrogen (secondary N) is 1. The zero-order valence-corrected chi connectivity index (χ0v) is 15.3. The van der Waals surface area contributed by atoms with Crippen LogP contribution in [0.25, 0.3) is 10.3 Å². The Labute approximate surface area is 155 Å². The summed E-state index contributed by atoms with van der Waals surface area (Å²) in [7, 11) is 0. The quantitative estimate of drug-likeness (QED) is 0.734. The predicted octanol–water partition coefficient (Wildman–Crippen LogP) is 3.08. The van der Waals surface area contributed by atoms with Crippen molar-refractivity contribution in [3.8, 4) is 0 Å². The molecule has 1 aromatic carbocycles. The van der Waals surface area contributed by atoms with Crippen LogP contribution in [0.3, 0.4) is 0 Å². The van der Waals surface area contributed by atoms with E-state index in [1.54, 1.807) is 0 Å². The second-order valence-electron chi connectivity index (χ2n) is 6.38. The summed E-state index contributed by atoms with van der Waals surface area (Å²) in [6.45, 7) is 3.56. The van der Waals surface area contributed by atoms with Gasteiger partial charge in [0.25, 0.3) is 5.91 Å². The summed E-state index contributed by atoms with van der Waals surface area (Å²) < 4.78 is 0.650. The van der Waals surface area contributed by atoms with Crippen molar-refractivity contribution in [1.29, 1.82) is 0 Å². The van der Waals surface area contributed by atoms with Crippen LogP contribution in [-0.2, 0) is 0 Å². The number of nitrogens with two attached hydrogens (primary N) is 1. The van der Waals surface area contributed by atoms with Gasteiger partial charge in [-0.15, -0.1) is 0 Å². The van der Waals surface area contributed by atoms with Gasteiger partial charge in [0, 0.05) is 13.1 Å². The zero-order chi connectivity index (χ0) is 18.1. The number of likely N-dealkylation sites (tertiary alicyclic amines) is 1. The van der Waals surface area contributed by atoms with Crippen LogP contribution in [0.2, 0.25) is 0 Å². The maximum absolute atomic E-state index is 12.9. The molecule has 1 aliphatic heterocycles. The van der Waals surface area contributed by atoms with E-state index < -0.39 is 0 Å². The molecule has 134 valence electrons. The lowest BCUT2D eigenvalue weighted by atomic mass is 10.1. The number of rotatable bonds is 4. The molecule has 1 saturated heterocycles. The molecule has 1 fully saturated rings. The van der Waals surface area contributed by atoms with Gasteiger partial charge in [0.15, 0.2) is 16.5 Å². The monoisotopic (exact) mass is 368 g/mol. The zero-order valence-electron chi connectivity index (χ0n) is 14.5. The molecule has 1 atom stereocenters. The standard InChI is InChI=1S/C18H20N6OS/c1-11(12-7-3-2-4-8-12)20-18-21-13(16(25)24-9-5-6-10-24)14-15(23-18)22-17(19)26-14/h2-4,7-8,11H,5-6,9-10H2,1H3,(H3,19,20,21,22,23). The number of aromatic nitrogens is 3. The summed E-state index contributed by atoms with van der Waals surface area (Å²) in [5, 5.41) is 3.66. The number of fused-ring (bicyclic) bond motifs is 1. The van der Waals surface area contributed by atoms with Crippen LogP contribution in [0.5, 0.6) is 0 Å². The van der Waals surface area contributed by atoms with Gasteiger partial charge >= 0.3 is 0 Å². The number of hydrogen-bond donors (Lipinski definition) is 2. The van der Waals surface area contributed by atoms with Gasteiger partial charge in [-0.05, 0) is 25.3 Å². The van der Waals surface area contributed by atoms with Gasteiger partial charge in [-0.25, -0.2) is 9.97 Å². The van der Waals surface area contributed by atoms with Crippen LogP contribution in [-0.4, -0.2) is 38.8 Å². The normalized spacial score (nSPS) is 15.3. The molecule has 26 heavy (non-hydrogen) atoms. The highest BCUT2D eigenvalue weighted by Crippen LogP contribution is 2.28. The van der Waals surface area contributed by atoms with Crippen molar-refractivity contribution in [2.24, 2.45) is 0 Å². The Morgan fingerprint density at radius 1 is 1.19 bits per heavy atom. The molecule has 8 heteroatoms. The minimum atomic E-state index is -0.0750. The maximum Gasteiger partial charge on any atom is 0.274 e. The first-order chi connectivity index (χ1) is 12.6. The van der Waals surface area contributed by atoms with Crippen LogP contribution < -0.4 is 11.1 Å². The van der Waals surface area contributed by atoms with Gasteiger partial charge in [0.2, 0.25) is 5.95 Å². The third-order valence-electron chi connectivity index (χ3n) is 4.51. The second kappa shape index (κ2) is 6.87. The second-order valence-corrected chi connectivity index (χ2v) is 7.41. The summed E-state index contributed by atoms with van der Waals surface area (Å²) in [6.07, 6.45) is 2.06. The maximum atomic E-state index is 12.9. The minimum absolute atomic E-state index is 0.000582. The SMILES string of the molecule is CC(Nc1nc(C(=O)N2CCCC2)c2sc(N)nc2n1)c1ccccc1. The summed E-state index contributed by atoms with van der Waals surface area (Å²) in [5.74, 6) is 0.315. The molecule has 1 aliphatic rings. The first kappa shape index (κ1) is 16.7. The molecular formula is C18H20N6OS. The lowest BCUT2D eigenvalue weighted by Crippen LogP contribution is -2.29. The Kier molecular flexibility index (Phi) is 4.42. The largest absolute Gasteiger partial charge is 0.375 e. The van der Waals surface area contributed by atoms with E-state index in [0.717, 1.165) is 31.5 Å². The van der Waals surface area contributed by atoms with Crippen LogP contribution in [0.15, 0.2) is 30.3 Å². The van der Waals surface area contributed by atoms with Gasteiger partial charge < -0.3 is 16.0 Å². The average molecular weight is 368 g/mol. The van der Waals surface area contributed by atoms with Gasteiger partial charge in [-0.2, -0.15) is 4.98 Å². The van der Waals surface area contributed by atoms with Crippen LogP contribution >= 0.6 is 11.3 Å².